The van der Waals surface area contributed by atoms with Gasteiger partial charge in [0.25, 0.3) is 11.6 Å². The largest absolute Gasteiger partial charge is 0.497 e. The molecule has 8 heteroatoms. The lowest BCUT2D eigenvalue weighted by Gasteiger charge is -2.43. The fourth-order valence-electron chi connectivity index (χ4n) is 2.99. The Morgan fingerprint density at radius 1 is 1.30 bits per heavy atom. The molecule has 0 spiro atoms. The van der Waals surface area contributed by atoms with Crippen LogP contribution in [0.25, 0.3) is 0 Å². The standard InChI is InChI=1S/C19H20BrN3O4/c1-11(2)21-17(24)19(26)15-9-12(20)7-8-16(15)22-18(25)23(19)13-5-4-6-14(10-13)27-3/h4-11,26H,1-3H3,(H,21,24)(H,22,25)/t19-/m1/s1. The first-order chi connectivity index (χ1) is 12.8. The van der Waals surface area contributed by atoms with Crippen molar-refractivity contribution in [3.05, 3.63) is 52.5 Å². The Balaban J connectivity index is 2.23. The zero-order valence-electron chi connectivity index (χ0n) is 15.1. The lowest BCUT2D eigenvalue weighted by Crippen LogP contribution is -2.63. The van der Waals surface area contributed by atoms with Crippen LogP contribution in [0.5, 0.6) is 5.75 Å². The molecule has 0 radical (unpaired) electrons. The maximum absolute atomic E-state index is 13.1. The van der Waals surface area contributed by atoms with Crippen molar-refractivity contribution in [1.82, 2.24) is 5.32 Å². The third-order valence-corrected chi connectivity index (χ3v) is 4.67. The average Bonchev–Trinajstić information content (AvgIpc) is 2.62. The Labute approximate surface area is 165 Å². The van der Waals surface area contributed by atoms with Gasteiger partial charge in [-0.3, -0.25) is 9.69 Å². The van der Waals surface area contributed by atoms with E-state index in [1.807, 2.05) is 0 Å². The number of anilines is 2. The number of ether oxygens (including phenoxy) is 1. The molecule has 0 aliphatic carbocycles. The number of amides is 3. The maximum Gasteiger partial charge on any atom is 0.329 e. The van der Waals surface area contributed by atoms with Crippen LogP contribution in [-0.2, 0) is 10.5 Å². The third-order valence-electron chi connectivity index (χ3n) is 4.17. The second-order valence-corrected chi connectivity index (χ2v) is 7.37. The summed E-state index contributed by atoms with van der Waals surface area (Å²) in [6.45, 7) is 3.56. The van der Waals surface area contributed by atoms with Crippen LogP contribution in [-0.4, -0.2) is 30.2 Å². The van der Waals surface area contributed by atoms with Crippen LogP contribution in [0.4, 0.5) is 16.2 Å². The van der Waals surface area contributed by atoms with E-state index in [1.165, 1.54) is 7.11 Å². The number of aliphatic hydroxyl groups is 1. The van der Waals surface area contributed by atoms with Gasteiger partial charge in [0, 0.05) is 22.1 Å². The number of hydrogen-bond donors (Lipinski definition) is 3. The van der Waals surface area contributed by atoms with Gasteiger partial charge in [0.2, 0.25) is 0 Å². The van der Waals surface area contributed by atoms with E-state index in [4.69, 9.17) is 4.74 Å². The van der Waals surface area contributed by atoms with E-state index in [2.05, 4.69) is 26.6 Å². The molecule has 2 aromatic carbocycles. The van der Waals surface area contributed by atoms with E-state index >= 15 is 0 Å². The lowest BCUT2D eigenvalue weighted by atomic mass is 9.94. The molecule has 0 unspecified atom stereocenters. The second-order valence-electron chi connectivity index (χ2n) is 6.46. The fourth-order valence-corrected chi connectivity index (χ4v) is 3.35. The highest BCUT2D eigenvalue weighted by atomic mass is 79.9. The first-order valence-electron chi connectivity index (χ1n) is 8.36. The van der Waals surface area contributed by atoms with E-state index in [9.17, 15) is 14.7 Å². The summed E-state index contributed by atoms with van der Waals surface area (Å²) in [5.41, 5.74) is -1.29. The van der Waals surface area contributed by atoms with Crippen LogP contribution in [0, 0.1) is 0 Å². The predicted molar refractivity (Wildman–Crippen MR) is 106 cm³/mol. The van der Waals surface area contributed by atoms with Gasteiger partial charge in [-0.15, -0.1) is 0 Å². The smallest absolute Gasteiger partial charge is 0.329 e. The highest BCUT2D eigenvalue weighted by Crippen LogP contribution is 2.41. The average molecular weight is 434 g/mol. The third kappa shape index (κ3) is 3.38. The minimum Gasteiger partial charge on any atom is -0.497 e. The van der Waals surface area contributed by atoms with Crippen molar-refractivity contribution in [2.45, 2.75) is 25.6 Å². The zero-order valence-corrected chi connectivity index (χ0v) is 16.7. The first kappa shape index (κ1) is 19.2. The first-order valence-corrected chi connectivity index (χ1v) is 9.15. The summed E-state index contributed by atoms with van der Waals surface area (Å²) in [7, 11) is 1.50. The number of nitrogens with zero attached hydrogens (tertiary/aromatic N) is 1. The topological polar surface area (TPSA) is 90.9 Å². The molecule has 142 valence electrons. The number of urea groups is 1. The van der Waals surface area contributed by atoms with E-state index in [-0.39, 0.29) is 11.6 Å². The lowest BCUT2D eigenvalue weighted by molar-refractivity contribution is -0.140. The summed E-state index contributed by atoms with van der Waals surface area (Å²) in [4.78, 5) is 27.0. The highest BCUT2D eigenvalue weighted by molar-refractivity contribution is 9.10. The minimum atomic E-state index is -2.24. The Bertz CT molecular complexity index is 902. The van der Waals surface area contributed by atoms with Gasteiger partial charge in [0.05, 0.1) is 18.5 Å². The molecule has 1 heterocycles. The summed E-state index contributed by atoms with van der Waals surface area (Å²) < 4.78 is 5.88. The monoisotopic (exact) mass is 433 g/mol. The molecule has 0 aromatic heterocycles. The Hall–Kier alpha value is -2.58. The van der Waals surface area contributed by atoms with Crippen LogP contribution in [0.3, 0.4) is 0 Å². The van der Waals surface area contributed by atoms with Crippen LogP contribution in [0.15, 0.2) is 46.9 Å². The molecule has 27 heavy (non-hydrogen) atoms. The van der Waals surface area contributed by atoms with Crippen molar-refractivity contribution in [3.63, 3.8) is 0 Å². The van der Waals surface area contributed by atoms with Crippen LogP contribution in [0.2, 0.25) is 0 Å². The zero-order chi connectivity index (χ0) is 19.8. The molecule has 3 rings (SSSR count). The van der Waals surface area contributed by atoms with Gasteiger partial charge in [-0.1, -0.05) is 22.0 Å². The quantitative estimate of drug-likeness (QED) is 0.690. The molecule has 0 saturated heterocycles. The van der Waals surface area contributed by atoms with Gasteiger partial charge in [-0.05, 0) is 44.2 Å². The molecule has 0 fully saturated rings. The van der Waals surface area contributed by atoms with Crippen LogP contribution < -0.4 is 20.3 Å². The molecule has 3 N–H and O–H groups in total. The number of rotatable bonds is 4. The van der Waals surface area contributed by atoms with Crippen molar-refractivity contribution in [3.8, 4) is 5.75 Å². The van der Waals surface area contributed by atoms with Crippen LogP contribution >= 0.6 is 15.9 Å². The SMILES string of the molecule is COc1cccc(N2C(=O)Nc3ccc(Br)cc3[C@@]2(O)C(=O)NC(C)C)c1. The highest BCUT2D eigenvalue weighted by Gasteiger charge is 2.52. The number of fused-ring (bicyclic) bond motifs is 1. The fraction of sp³-hybridized carbons (Fsp3) is 0.263. The molecule has 7 nitrogen and oxygen atoms in total. The number of carbonyl (C=O) groups excluding carboxylic acids is 2. The van der Waals surface area contributed by atoms with Crippen molar-refractivity contribution in [2.75, 3.05) is 17.3 Å². The summed E-state index contributed by atoms with van der Waals surface area (Å²) in [5.74, 6) is -0.207. The Morgan fingerprint density at radius 3 is 2.70 bits per heavy atom. The number of benzene rings is 2. The van der Waals surface area contributed by atoms with Gasteiger partial charge in [-0.25, -0.2) is 4.79 Å². The number of nitrogens with one attached hydrogen (secondary N) is 2. The maximum atomic E-state index is 13.1. The molecule has 0 saturated carbocycles. The summed E-state index contributed by atoms with van der Waals surface area (Å²) >= 11 is 3.36. The summed E-state index contributed by atoms with van der Waals surface area (Å²) in [6.07, 6.45) is 0. The molecular formula is C19H20BrN3O4. The van der Waals surface area contributed by atoms with Crippen molar-refractivity contribution in [2.24, 2.45) is 0 Å². The number of halogens is 1. The van der Waals surface area contributed by atoms with Gasteiger partial charge >= 0.3 is 6.03 Å². The summed E-state index contributed by atoms with van der Waals surface area (Å²) in [5, 5.41) is 17.0. The van der Waals surface area contributed by atoms with Gasteiger partial charge in [0.15, 0.2) is 0 Å². The minimum absolute atomic E-state index is 0.228. The molecule has 3 amide bonds. The normalized spacial score (nSPS) is 18.7. The Morgan fingerprint density at radius 2 is 2.04 bits per heavy atom. The van der Waals surface area contributed by atoms with E-state index in [0.717, 1.165) is 4.90 Å². The molecule has 1 atom stereocenters. The number of hydrogen-bond acceptors (Lipinski definition) is 4. The van der Waals surface area contributed by atoms with Crippen molar-refractivity contribution < 1.29 is 19.4 Å². The van der Waals surface area contributed by atoms with Gasteiger partial charge in [0.1, 0.15) is 5.75 Å². The van der Waals surface area contributed by atoms with E-state index in [1.54, 1.807) is 56.3 Å². The number of methoxy groups -OCH3 is 1. The van der Waals surface area contributed by atoms with Gasteiger partial charge in [-0.2, -0.15) is 0 Å². The van der Waals surface area contributed by atoms with Crippen molar-refractivity contribution in [1.29, 1.82) is 0 Å². The number of carbonyl (C=O) groups is 2. The second kappa shape index (κ2) is 7.21. The van der Waals surface area contributed by atoms with Gasteiger partial charge < -0.3 is 20.5 Å². The van der Waals surface area contributed by atoms with E-state index in [0.29, 0.717) is 21.6 Å². The van der Waals surface area contributed by atoms with Crippen LogP contribution in [0.1, 0.15) is 19.4 Å². The predicted octanol–water partition coefficient (Wildman–Crippen LogP) is 3.18. The van der Waals surface area contributed by atoms with E-state index < -0.39 is 17.7 Å². The Kier molecular flexibility index (Phi) is 5.12. The molecule has 1 aliphatic rings. The molecule has 0 bridgehead atoms. The molecular weight excluding hydrogens is 414 g/mol. The molecule has 2 aromatic rings. The van der Waals surface area contributed by atoms with Crippen molar-refractivity contribution >= 4 is 39.2 Å². The summed E-state index contributed by atoms with van der Waals surface area (Å²) in [6, 6.07) is 10.7. The molecule has 1 aliphatic heterocycles.